The molecular formula is C14H19N5O2S. The Kier molecular flexibility index (Phi) is 4.81. The Hall–Kier alpha value is -1.77. The molecule has 0 spiro atoms. The lowest BCUT2D eigenvalue weighted by Crippen LogP contribution is -2.42. The third kappa shape index (κ3) is 3.52. The minimum atomic E-state index is -0.0961. The molecule has 0 aliphatic carbocycles. The molecule has 0 aromatic carbocycles. The van der Waals surface area contributed by atoms with Gasteiger partial charge in [0.2, 0.25) is 5.91 Å². The van der Waals surface area contributed by atoms with Gasteiger partial charge in [0.25, 0.3) is 0 Å². The first-order valence-electron chi connectivity index (χ1n) is 7.13. The van der Waals surface area contributed by atoms with E-state index < -0.39 is 0 Å². The fourth-order valence-corrected chi connectivity index (χ4v) is 3.34. The number of hydrogen-bond acceptors (Lipinski definition) is 6. The summed E-state index contributed by atoms with van der Waals surface area (Å²) in [5.74, 6) is -0.0961. The van der Waals surface area contributed by atoms with Crippen LogP contribution in [0, 0.1) is 0 Å². The quantitative estimate of drug-likeness (QED) is 0.846. The van der Waals surface area contributed by atoms with Crippen molar-refractivity contribution in [3.8, 4) is 0 Å². The predicted octanol–water partition coefficient (Wildman–Crippen LogP) is 0.659. The first-order valence-corrected chi connectivity index (χ1v) is 8.01. The highest BCUT2D eigenvalue weighted by Crippen LogP contribution is 2.22. The number of imidazole rings is 1. The number of carbonyl (C=O) groups excluding carboxylic acids is 1. The van der Waals surface area contributed by atoms with Crippen molar-refractivity contribution in [1.82, 2.24) is 24.8 Å². The molecule has 118 valence electrons. The second-order valence-corrected chi connectivity index (χ2v) is 6.26. The van der Waals surface area contributed by atoms with E-state index in [0.29, 0.717) is 6.54 Å². The molecule has 3 rings (SSSR count). The van der Waals surface area contributed by atoms with Gasteiger partial charge in [0.15, 0.2) is 0 Å². The number of rotatable bonds is 6. The highest BCUT2D eigenvalue weighted by molar-refractivity contribution is 7.09. The average Bonchev–Trinajstić information content (AvgIpc) is 3.16. The molecule has 0 fully saturated rings. The first-order chi connectivity index (χ1) is 10.8. The highest BCUT2D eigenvalue weighted by Gasteiger charge is 2.25. The summed E-state index contributed by atoms with van der Waals surface area (Å²) < 4.78 is 6.99. The van der Waals surface area contributed by atoms with E-state index in [9.17, 15) is 4.79 Å². The van der Waals surface area contributed by atoms with Gasteiger partial charge in [-0.1, -0.05) is 0 Å². The van der Waals surface area contributed by atoms with Gasteiger partial charge in [-0.2, -0.15) is 0 Å². The largest absolute Gasteiger partial charge is 0.375 e. The van der Waals surface area contributed by atoms with Crippen molar-refractivity contribution in [1.29, 1.82) is 0 Å². The maximum atomic E-state index is 11.6. The number of amides is 1. The van der Waals surface area contributed by atoms with E-state index in [1.165, 1.54) is 7.11 Å². The average molecular weight is 321 g/mol. The van der Waals surface area contributed by atoms with E-state index in [2.05, 4.69) is 24.8 Å². The summed E-state index contributed by atoms with van der Waals surface area (Å²) in [5.41, 5.74) is 1.16. The number of fused-ring (bicyclic) bond motifs is 1. The fourth-order valence-electron chi connectivity index (χ4n) is 2.68. The van der Waals surface area contributed by atoms with Crippen LogP contribution in [0.5, 0.6) is 0 Å². The van der Waals surface area contributed by atoms with E-state index in [4.69, 9.17) is 4.74 Å². The van der Waals surface area contributed by atoms with E-state index >= 15 is 0 Å². The molecule has 2 aromatic heterocycles. The number of nitrogens with zero attached hydrogens (tertiary/aromatic N) is 4. The summed E-state index contributed by atoms with van der Waals surface area (Å²) in [5, 5.41) is 6.01. The summed E-state index contributed by atoms with van der Waals surface area (Å²) in [4.78, 5) is 22.5. The Morgan fingerprint density at radius 3 is 3.27 bits per heavy atom. The monoisotopic (exact) mass is 321 g/mol. The topological polar surface area (TPSA) is 72.3 Å². The van der Waals surface area contributed by atoms with Crippen LogP contribution in [0.1, 0.15) is 16.7 Å². The molecule has 22 heavy (non-hydrogen) atoms. The van der Waals surface area contributed by atoms with Crippen LogP contribution < -0.4 is 5.32 Å². The van der Waals surface area contributed by atoms with Gasteiger partial charge in [0.1, 0.15) is 11.6 Å². The van der Waals surface area contributed by atoms with E-state index in [0.717, 1.165) is 30.3 Å². The molecule has 3 heterocycles. The van der Waals surface area contributed by atoms with Crippen molar-refractivity contribution < 1.29 is 9.53 Å². The molecule has 2 aromatic rings. The van der Waals surface area contributed by atoms with Gasteiger partial charge in [-0.15, -0.1) is 11.3 Å². The second-order valence-electron chi connectivity index (χ2n) is 5.28. The molecule has 1 N–H and O–H groups in total. The van der Waals surface area contributed by atoms with E-state index in [1.54, 1.807) is 11.3 Å². The normalized spacial score (nSPS) is 18.1. The summed E-state index contributed by atoms with van der Waals surface area (Å²) in [7, 11) is 1.52. The van der Waals surface area contributed by atoms with Crippen LogP contribution in [0.2, 0.25) is 0 Å². The number of ether oxygens (including phenoxy) is 1. The van der Waals surface area contributed by atoms with Gasteiger partial charge in [0, 0.05) is 44.5 Å². The molecule has 1 atom stereocenters. The maximum Gasteiger partial charge on any atom is 0.246 e. The molecule has 1 aliphatic rings. The van der Waals surface area contributed by atoms with Crippen LogP contribution in [0.3, 0.4) is 0 Å². The number of nitrogens with one attached hydrogen (secondary N) is 1. The summed E-state index contributed by atoms with van der Waals surface area (Å²) in [6.45, 7) is 3.19. The van der Waals surface area contributed by atoms with Crippen molar-refractivity contribution in [3.05, 3.63) is 34.8 Å². The SMILES string of the molecule is COCC(=O)NCC1CN(Cc2nccs2)Cc2cncn21. The van der Waals surface area contributed by atoms with Gasteiger partial charge in [0.05, 0.1) is 24.6 Å². The zero-order chi connectivity index (χ0) is 15.4. The molecule has 8 heteroatoms. The number of thiazole rings is 1. The highest BCUT2D eigenvalue weighted by atomic mass is 32.1. The lowest BCUT2D eigenvalue weighted by molar-refractivity contribution is -0.124. The molecule has 1 unspecified atom stereocenters. The zero-order valence-electron chi connectivity index (χ0n) is 12.4. The van der Waals surface area contributed by atoms with Gasteiger partial charge in [-0.25, -0.2) is 9.97 Å². The number of aromatic nitrogens is 3. The summed E-state index contributed by atoms with van der Waals surface area (Å²) >= 11 is 1.66. The molecule has 0 radical (unpaired) electrons. The Morgan fingerprint density at radius 2 is 2.50 bits per heavy atom. The molecule has 0 bridgehead atoms. The molecule has 0 saturated heterocycles. The van der Waals surface area contributed by atoms with Gasteiger partial charge in [-0.3, -0.25) is 9.69 Å². The lowest BCUT2D eigenvalue weighted by Gasteiger charge is -2.34. The minimum Gasteiger partial charge on any atom is -0.375 e. The van der Waals surface area contributed by atoms with E-state index in [-0.39, 0.29) is 18.6 Å². The molecule has 1 amide bonds. The second kappa shape index (κ2) is 6.99. The summed E-state index contributed by atoms with van der Waals surface area (Å²) in [6, 6.07) is 0.173. The smallest absolute Gasteiger partial charge is 0.246 e. The Labute approximate surface area is 132 Å². The van der Waals surface area contributed by atoms with Crippen LogP contribution in [0.4, 0.5) is 0 Å². The summed E-state index contributed by atoms with van der Waals surface area (Å²) in [6.07, 6.45) is 5.55. The standard InChI is InChI=1S/C14H19N5O2S/c1-21-9-13(20)17-5-12-7-18(8-14-16-2-3-22-14)6-11-4-15-10-19(11)12/h2-4,10,12H,5-9H2,1H3,(H,17,20). The third-order valence-electron chi connectivity index (χ3n) is 3.65. The van der Waals surface area contributed by atoms with Crippen LogP contribution in [-0.4, -0.2) is 52.1 Å². The molecule has 7 nitrogen and oxygen atoms in total. The zero-order valence-corrected chi connectivity index (χ0v) is 13.3. The van der Waals surface area contributed by atoms with Crippen molar-refractivity contribution in [3.63, 3.8) is 0 Å². The first kappa shape index (κ1) is 15.1. The van der Waals surface area contributed by atoms with Gasteiger partial charge < -0.3 is 14.6 Å². The van der Waals surface area contributed by atoms with Crippen molar-refractivity contribution >= 4 is 17.2 Å². The van der Waals surface area contributed by atoms with Crippen molar-refractivity contribution in [2.75, 3.05) is 26.8 Å². The van der Waals surface area contributed by atoms with E-state index in [1.807, 2.05) is 24.1 Å². The Balaban J connectivity index is 1.65. The molecule has 1 aliphatic heterocycles. The van der Waals surface area contributed by atoms with Crippen LogP contribution in [0.25, 0.3) is 0 Å². The molecule has 0 saturated carbocycles. The fraction of sp³-hybridized carbons (Fsp3) is 0.500. The number of methoxy groups -OCH3 is 1. The van der Waals surface area contributed by atoms with Gasteiger partial charge >= 0.3 is 0 Å². The van der Waals surface area contributed by atoms with Crippen molar-refractivity contribution in [2.45, 2.75) is 19.1 Å². The lowest BCUT2D eigenvalue weighted by atomic mass is 10.2. The van der Waals surface area contributed by atoms with Crippen LogP contribution in [0.15, 0.2) is 24.1 Å². The minimum absolute atomic E-state index is 0.0896. The Morgan fingerprint density at radius 1 is 1.59 bits per heavy atom. The Bertz CT molecular complexity index is 613. The van der Waals surface area contributed by atoms with Crippen molar-refractivity contribution in [2.24, 2.45) is 0 Å². The third-order valence-corrected chi connectivity index (χ3v) is 4.41. The maximum absolute atomic E-state index is 11.6. The molecular weight excluding hydrogens is 302 g/mol. The van der Waals surface area contributed by atoms with Gasteiger partial charge in [-0.05, 0) is 0 Å². The van der Waals surface area contributed by atoms with Crippen LogP contribution in [-0.2, 0) is 22.6 Å². The number of hydrogen-bond donors (Lipinski definition) is 1. The predicted molar refractivity (Wildman–Crippen MR) is 82.4 cm³/mol. The number of carbonyl (C=O) groups is 1. The van der Waals surface area contributed by atoms with Crippen LogP contribution >= 0.6 is 11.3 Å².